The maximum absolute atomic E-state index is 5.83. The van der Waals surface area contributed by atoms with Gasteiger partial charge in [-0.1, -0.05) is 0 Å². The Labute approximate surface area is 96.8 Å². The summed E-state index contributed by atoms with van der Waals surface area (Å²) in [4.78, 5) is 4.16. The molecule has 0 aromatic carbocycles. The first-order chi connectivity index (χ1) is 7.46. The van der Waals surface area contributed by atoms with Gasteiger partial charge < -0.3 is 9.47 Å². The summed E-state index contributed by atoms with van der Waals surface area (Å²) in [5.74, 6) is 1.66. The summed E-state index contributed by atoms with van der Waals surface area (Å²) in [5, 5.41) is 0. The molecule has 1 heterocycles. The summed E-state index contributed by atoms with van der Waals surface area (Å²) in [5.41, 5.74) is 0.835. The fourth-order valence-corrected chi connectivity index (χ4v) is 1.40. The predicted molar refractivity (Wildman–Crippen MR) is 63.0 cm³/mol. The zero-order chi connectivity index (χ0) is 11.8. The van der Waals surface area contributed by atoms with E-state index in [1.807, 2.05) is 27.7 Å². The van der Waals surface area contributed by atoms with Crippen molar-refractivity contribution in [2.75, 3.05) is 0 Å². The first-order valence-corrected chi connectivity index (χ1v) is 5.76. The predicted octanol–water partition coefficient (Wildman–Crippen LogP) is 3.11. The Bertz CT molecular complexity index is 378. The van der Waals surface area contributed by atoms with Crippen LogP contribution in [0.2, 0.25) is 0 Å². The normalized spacial score (nSPS) is 16.0. The van der Waals surface area contributed by atoms with Gasteiger partial charge in [-0.3, -0.25) is 4.98 Å². The van der Waals surface area contributed by atoms with Crippen LogP contribution < -0.4 is 9.47 Å². The van der Waals surface area contributed by atoms with Gasteiger partial charge in [-0.25, -0.2) is 0 Å². The SMILES string of the molecule is Cc1c(OC2CC2)cncc1OC(C)(C)C. The van der Waals surface area contributed by atoms with Crippen molar-refractivity contribution >= 4 is 0 Å². The Hall–Kier alpha value is -1.25. The molecule has 1 aromatic heterocycles. The molecular formula is C13H19NO2. The Morgan fingerprint density at radius 1 is 1.19 bits per heavy atom. The van der Waals surface area contributed by atoms with Gasteiger partial charge in [-0.15, -0.1) is 0 Å². The fourth-order valence-electron chi connectivity index (χ4n) is 1.40. The van der Waals surface area contributed by atoms with E-state index in [4.69, 9.17) is 9.47 Å². The van der Waals surface area contributed by atoms with E-state index in [1.54, 1.807) is 12.4 Å². The number of hydrogen-bond acceptors (Lipinski definition) is 3. The Morgan fingerprint density at radius 2 is 1.81 bits per heavy atom. The van der Waals surface area contributed by atoms with Crippen molar-refractivity contribution in [2.24, 2.45) is 0 Å². The van der Waals surface area contributed by atoms with Crippen LogP contribution in [0.5, 0.6) is 11.5 Å². The van der Waals surface area contributed by atoms with Gasteiger partial charge in [0, 0.05) is 5.56 Å². The lowest BCUT2D eigenvalue weighted by Gasteiger charge is -2.23. The van der Waals surface area contributed by atoms with Crippen molar-refractivity contribution in [1.82, 2.24) is 4.98 Å². The number of hydrogen-bond donors (Lipinski definition) is 0. The van der Waals surface area contributed by atoms with Gasteiger partial charge in [0.1, 0.15) is 17.1 Å². The Balaban J connectivity index is 2.18. The number of pyridine rings is 1. The van der Waals surface area contributed by atoms with E-state index in [-0.39, 0.29) is 5.60 Å². The number of nitrogens with zero attached hydrogens (tertiary/aromatic N) is 1. The molecule has 3 heteroatoms. The van der Waals surface area contributed by atoms with Crippen LogP contribution in [-0.4, -0.2) is 16.7 Å². The van der Waals surface area contributed by atoms with Gasteiger partial charge in [-0.05, 0) is 40.5 Å². The van der Waals surface area contributed by atoms with Gasteiger partial charge in [0.15, 0.2) is 0 Å². The third-order valence-corrected chi connectivity index (χ3v) is 2.36. The third-order valence-electron chi connectivity index (χ3n) is 2.36. The Morgan fingerprint density at radius 3 is 2.38 bits per heavy atom. The highest BCUT2D eigenvalue weighted by atomic mass is 16.5. The van der Waals surface area contributed by atoms with E-state index in [0.29, 0.717) is 6.10 Å². The van der Waals surface area contributed by atoms with E-state index in [9.17, 15) is 0 Å². The molecule has 16 heavy (non-hydrogen) atoms. The van der Waals surface area contributed by atoms with E-state index in [0.717, 1.165) is 29.9 Å². The highest BCUT2D eigenvalue weighted by Crippen LogP contribution is 2.33. The van der Waals surface area contributed by atoms with Crippen molar-refractivity contribution in [2.45, 2.75) is 52.2 Å². The molecule has 0 unspecified atom stereocenters. The molecule has 1 saturated carbocycles. The van der Waals surface area contributed by atoms with Crippen molar-refractivity contribution in [3.05, 3.63) is 18.0 Å². The summed E-state index contributed by atoms with van der Waals surface area (Å²) in [6.07, 6.45) is 6.22. The van der Waals surface area contributed by atoms with Crippen LogP contribution in [-0.2, 0) is 0 Å². The van der Waals surface area contributed by atoms with E-state index < -0.39 is 0 Å². The summed E-state index contributed by atoms with van der Waals surface area (Å²) < 4.78 is 11.6. The molecular weight excluding hydrogens is 202 g/mol. The van der Waals surface area contributed by atoms with E-state index in [1.165, 1.54) is 0 Å². The molecule has 0 aliphatic heterocycles. The van der Waals surface area contributed by atoms with Crippen molar-refractivity contribution in [3.8, 4) is 11.5 Å². The number of aromatic nitrogens is 1. The molecule has 0 saturated heterocycles. The smallest absolute Gasteiger partial charge is 0.144 e. The average Bonchev–Trinajstić information content (AvgIpc) is 2.93. The number of rotatable bonds is 3. The Kier molecular flexibility index (Phi) is 2.78. The zero-order valence-corrected chi connectivity index (χ0v) is 10.4. The van der Waals surface area contributed by atoms with Crippen molar-refractivity contribution < 1.29 is 9.47 Å². The van der Waals surface area contributed by atoms with Crippen molar-refractivity contribution in [1.29, 1.82) is 0 Å². The fraction of sp³-hybridized carbons (Fsp3) is 0.615. The first kappa shape index (κ1) is 11.2. The minimum Gasteiger partial charge on any atom is -0.488 e. The van der Waals surface area contributed by atoms with Crippen molar-refractivity contribution in [3.63, 3.8) is 0 Å². The van der Waals surface area contributed by atoms with Gasteiger partial charge in [0.05, 0.1) is 18.5 Å². The van der Waals surface area contributed by atoms with Gasteiger partial charge in [0.25, 0.3) is 0 Å². The molecule has 2 rings (SSSR count). The topological polar surface area (TPSA) is 31.4 Å². The summed E-state index contributed by atoms with van der Waals surface area (Å²) in [6.45, 7) is 8.10. The molecule has 0 radical (unpaired) electrons. The van der Waals surface area contributed by atoms with Crippen LogP contribution >= 0.6 is 0 Å². The maximum Gasteiger partial charge on any atom is 0.144 e. The molecule has 3 nitrogen and oxygen atoms in total. The van der Waals surface area contributed by atoms with Gasteiger partial charge >= 0.3 is 0 Å². The molecule has 1 aliphatic carbocycles. The minimum absolute atomic E-state index is 0.204. The molecule has 1 aliphatic rings. The van der Waals surface area contributed by atoms with Gasteiger partial charge in [-0.2, -0.15) is 0 Å². The second-order valence-electron chi connectivity index (χ2n) is 5.29. The average molecular weight is 221 g/mol. The maximum atomic E-state index is 5.83. The second kappa shape index (κ2) is 3.96. The quantitative estimate of drug-likeness (QED) is 0.786. The molecule has 0 spiro atoms. The minimum atomic E-state index is -0.204. The summed E-state index contributed by atoms with van der Waals surface area (Å²) in [6, 6.07) is 0. The lowest BCUT2D eigenvalue weighted by Crippen LogP contribution is -2.23. The highest BCUT2D eigenvalue weighted by molar-refractivity contribution is 5.40. The molecule has 1 aromatic rings. The van der Waals surface area contributed by atoms with Crippen LogP contribution in [0.4, 0.5) is 0 Å². The van der Waals surface area contributed by atoms with Crippen LogP contribution in [0.25, 0.3) is 0 Å². The van der Waals surface area contributed by atoms with Crippen LogP contribution in [0, 0.1) is 6.92 Å². The largest absolute Gasteiger partial charge is 0.488 e. The third kappa shape index (κ3) is 2.87. The molecule has 88 valence electrons. The van der Waals surface area contributed by atoms with E-state index >= 15 is 0 Å². The lowest BCUT2D eigenvalue weighted by molar-refractivity contribution is 0.128. The van der Waals surface area contributed by atoms with Crippen LogP contribution in [0.3, 0.4) is 0 Å². The highest BCUT2D eigenvalue weighted by Gasteiger charge is 2.25. The summed E-state index contributed by atoms with van der Waals surface area (Å²) >= 11 is 0. The molecule has 0 bridgehead atoms. The van der Waals surface area contributed by atoms with E-state index in [2.05, 4.69) is 4.98 Å². The number of ether oxygens (including phenoxy) is 2. The van der Waals surface area contributed by atoms with Gasteiger partial charge in [0.2, 0.25) is 0 Å². The molecule has 0 atom stereocenters. The zero-order valence-electron chi connectivity index (χ0n) is 10.4. The second-order valence-corrected chi connectivity index (χ2v) is 5.29. The summed E-state index contributed by atoms with van der Waals surface area (Å²) in [7, 11) is 0. The lowest BCUT2D eigenvalue weighted by atomic mass is 10.2. The molecule has 1 fully saturated rings. The standard InChI is InChI=1S/C13H19NO2/c1-9-11(15-10-5-6-10)7-14-8-12(9)16-13(2,3)4/h7-8,10H,5-6H2,1-4H3. The monoisotopic (exact) mass is 221 g/mol. The first-order valence-electron chi connectivity index (χ1n) is 5.76. The molecule has 0 N–H and O–H groups in total. The van der Waals surface area contributed by atoms with Crippen LogP contribution in [0.1, 0.15) is 39.2 Å². The molecule has 0 amide bonds. The van der Waals surface area contributed by atoms with Crippen LogP contribution in [0.15, 0.2) is 12.4 Å².